The van der Waals surface area contributed by atoms with Gasteiger partial charge in [0.2, 0.25) is 0 Å². The summed E-state index contributed by atoms with van der Waals surface area (Å²) < 4.78 is 47.1. The SMILES string of the molecule is C[Si](C)(C)CCOCn1ncc(OCC(F)(F)F)c(Br)c1=O. The minimum atomic E-state index is -4.48. The van der Waals surface area contributed by atoms with Crippen LogP contribution >= 0.6 is 15.9 Å². The summed E-state index contributed by atoms with van der Waals surface area (Å²) in [4.78, 5) is 11.9. The summed E-state index contributed by atoms with van der Waals surface area (Å²) in [5, 5.41) is 3.74. The van der Waals surface area contributed by atoms with Gasteiger partial charge in [-0.1, -0.05) is 19.6 Å². The first-order valence-electron chi connectivity index (χ1n) is 6.52. The summed E-state index contributed by atoms with van der Waals surface area (Å²) in [6, 6.07) is 0.940. The van der Waals surface area contributed by atoms with E-state index in [1.807, 2.05) is 0 Å². The lowest BCUT2D eigenvalue weighted by molar-refractivity contribution is -0.153. The van der Waals surface area contributed by atoms with Crippen molar-refractivity contribution in [3.05, 3.63) is 21.0 Å². The number of aromatic nitrogens is 2. The number of ether oxygens (including phenoxy) is 2. The van der Waals surface area contributed by atoms with Crippen molar-refractivity contribution in [2.45, 2.75) is 38.6 Å². The van der Waals surface area contributed by atoms with Gasteiger partial charge < -0.3 is 9.47 Å². The van der Waals surface area contributed by atoms with Crippen LogP contribution < -0.4 is 10.3 Å². The van der Waals surface area contributed by atoms with E-state index >= 15 is 0 Å². The molecule has 0 aliphatic heterocycles. The van der Waals surface area contributed by atoms with E-state index in [1.165, 1.54) is 0 Å². The molecule has 0 N–H and O–H groups in total. The second kappa shape index (κ2) is 7.60. The molecule has 126 valence electrons. The molecule has 1 aromatic rings. The van der Waals surface area contributed by atoms with Crippen LogP contribution in [0.5, 0.6) is 5.75 Å². The third kappa shape index (κ3) is 6.92. The summed E-state index contributed by atoms with van der Waals surface area (Å²) >= 11 is 2.93. The minimum Gasteiger partial charge on any atom is -0.481 e. The van der Waals surface area contributed by atoms with Gasteiger partial charge in [-0.2, -0.15) is 18.3 Å². The van der Waals surface area contributed by atoms with Crippen LogP contribution in [-0.2, 0) is 11.5 Å². The predicted molar refractivity (Wildman–Crippen MR) is 81.9 cm³/mol. The molecule has 0 aromatic carbocycles. The van der Waals surface area contributed by atoms with E-state index in [0.29, 0.717) is 6.61 Å². The van der Waals surface area contributed by atoms with Crippen molar-refractivity contribution >= 4 is 24.0 Å². The number of nitrogens with zero attached hydrogens (tertiary/aromatic N) is 2. The van der Waals surface area contributed by atoms with E-state index in [2.05, 4.69) is 45.4 Å². The van der Waals surface area contributed by atoms with Crippen molar-refractivity contribution in [2.75, 3.05) is 13.2 Å². The van der Waals surface area contributed by atoms with Gasteiger partial charge in [0.1, 0.15) is 11.2 Å². The molecule has 0 bridgehead atoms. The molecule has 1 heterocycles. The summed E-state index contributed by atoms with van der Waals surface area (Å²) in [7, 11) is -1.23. The molecular formula is C12H18BrF3N2O3Si. The van der Waals surface area contributed by atoms with Gasteiger partial charge in [0, 0.05) is 14.7 Å². The molecular weight excluding hydrogens is 385 g/mol. The van der Waals surface area contributed by atoms with Gasteiger partial charge in [0.25, 0.3) is 5.56 Å². The number of hydrogen-bond acceptors (Lipinski definition) is 4. The average Bonchev–Trinajstić information content (AvgIpc) is 2.36. The van der Waals surface area contributed by atoms with E-state index in [0.717, 1.165) is 16.9 Å². The number of hydrogen-bond donors (Lipinski definition) is 0. The monoisotopic (exact) mass is 402 g/mol. The molecule has 1 aromatic heterocycles. The molecule has 0 saturated carbocycles. The highest BCUT2D eigenvalue weighted by molar-refractivity contribution is 9.10. The largest absolute Gasteiger partial charge is 0.481 e. The van der Waals surface area contributed by atoms with Gasteiger partial charge in [-0.05, 0) is 22.0 Å². The Bertz CT molecular complexity index is 558. The molecule has 0 radical (unpaired) electrons. The molecule has 0 atom stereocenters. The Balaban J connectivity index is 2.64. The molecule has 0 aliphatic rings. The average molecular weight is 403 g/mol. The van der Waals surface area contributed by atoms with E-state index in [-0.39, 0.29) is 17.0 Å². The highest BCUT2D eigenvalue weighted by atomic mass is 79.9. The maximum atomic E-state index is 12.1. The Morgan fingerprint density at radius 1 is 1.36 bits per heavy atom. The number of alkyl halides is 3. The zero-order valence-electron chi connectivity index (χ0n) is 12.5. The summed E-state index contributed by atoms with van der Waals surface area (Å²) in [6.45, 7) is 5.57. The summed E-state index contributed by atoms with van der Waals surface area (Å²) in [5.41, 5.74) is -0.604. The quantitative estimate of drug-likeness (QED) is 0.518. The van der Waals surface area contributed by atoms with Crippen molar-refractivity contribution in [1.82, 2.24) is 9.78 Å². The van der Waals surface area contributed by atoms with Gasteiger partial charge >= 0.3 is 6.18 Å². The van der Waals surface area contributed by atoms with Crippen LogP contribution in [0, 0.1) is 0 Å². The van der Waals surface area contributed by atoms with E-state index in [4.69, 9.17) is 4.74 Å². The Morgan fingerprint density at radius 2 is 2.00 bits per heavy atom. The van der Waals surface area contributed by atoms with Crippen molar-refractivity contribution in [1.29, 1.82) is 0 Å². The molecule has 22 heavy (non-hydrogen) atoms. The fraction of sp³-hybridized carbons (Fsp3) is 0.667. The Kier molecular flexibility index (Phi) is 6.62. The lowest BCUT2D eigenvalue weighted by Gasteiger charge is -2.16. The summed E-state index contributed by atoms with van der Waals surface area (Å²) in [6.07, 6.45) is -3.42. The smallest absolute Gasteiger partial charge is 0.422 e. The van der Waals surface area contributed by atoms with Crippen LogP contribution in [0.4, 0.5) is 13.2 Å². The molecule has 0 spiro atoms. The number of halogens is 4. The molecule has 0 fully saturated rings. The van der Waals surface area contributed by atoms with Gasteiger partial charge in [0.15, 0.2) is 12.4 Å². The first-order chi connectivity index (χ1) is 9.99. The van der Waals surface area contributed by atoms with Crippen molar-refractivity contribution < 1.29 is 22.6 Å². The van der Waals surface area contributed by atoms with Gasteiger partial charge in [-0.25, -0.2) is 4.68 Å². The van der Waals surface area contributed by atoms with Crippen molar-refractivity contribution in [3.63, 3.8) is 0 Å². The zero-order chi connectivity index (χ0) is 17.0. The maximum Gasteiger partial charge on any atom is 0.422 e. The third-order valence-electron chi connectivity index (χ3n) is 2.55. The molecule has 1 rings (SSSR count). The lowest BCUT2D eigenvalue weighted by Crippen LogP contribution is -2.28. The molecule has 0 aliphatic carbocycles. The summed E-state index contributed by atoms with van der Waals surface area (Å²) in [5.74, 6) is -0.249. The molecule has 0 unspecified atom stereocenters. The second-order valence-electron chi connectivity index (χ2n) is 5.88. The minimum absolute atomic E-state index is 0.0541. The lowest BCUT2D eigenvalue weighted by atomic mass is 10.5. The fourth-order valence-electron chi connectivity index (χ4n) is 1.33. The Morgan fingerprint density at radius 3 is 2.55 bits per heavy atom. The standard InChI is InChI=1S/C12H18BrF3N2O3Si/c1-22(2,3)5-4-20-8-18-11(19)10(13)9(6-17-18)21-7-12(14,15)16/h6H,4-5,7-8H2,1-3H3. The van der Waals surface area contributed by atoms with Crippen molar-refractivity contribution in [3.8, 4) is 5.75 Å². The third-order valence-corrected chi connectivity index (χ3v) is 4.99. The van der Waals surface area contributed by atoms with Crippen LogP contribution in [0.2, 0.25) is 25.7 Å². The van der Waals surface area contributed by atoms with Crippen LogP contribution in [0.1, 0.15) is 0 Å². The highest BCUT2D eigenvalue weighted by Gasteiger charge is 2.29. The Labute approximate surface area is 135 Å². The first kappa shape index (κ1) is 19.2. The second-order valence-corrected chi connectivity index (χ2v) is 12.3. The zero-order valence-corrected chi connectivity index (χ0v) is 15.1. The Hall–Kier alpha value is -0.873. The molecule has 5 nitrogen and oxygen atoms in total. The van der Waals surface area contributed by atoms with Crippen LogP contribution in [-0.4, -0.2) is 37.2 Å². The van der Waals surface area contributed by atoms with E-state index in [9.17, 15) is 18.0 Å². The van der Waals surface area contributed by atoms with Gasteiger partial charge in [-0.3, -0.25) is 4.79 Å². The van der Waals surface area contributed by atoms with E-state index < -0.39 is 26.4 Å². The molecule has 10 heteroatoms. The first-order valence-corrected chi connectivity index (χ1v) is 11.0. The van der Waals surface area contributed by atoms with E-state index in [1.54, 1.807) is 0 Å². The maximum absolute atomic E-state index is 12.1. The molecule has 0 amide bonds. The highest BCUT2D eigenvalue weighted by Crippen LogP contribution is 2.22. The number of rotatable bonds is 7. The van der Waals surface area contributed by atoms with Gasteiger partial charge in [0.05, 0.1) is 6.20 Å². The topological polar surface area (TPSA) is 53.4 Å². The molecule has 0 saturated heterocycles. The fourth-order valence-corrected chi connectivity index (χ4v) is 2.51. The van der Waals surface area contributed by atoms with Gasteiger partial charge in [-0.15, -0.1) is 0 Å². The predicted octanol–water partition coefficient (Wildman–Crippen LogP) is 3.26. The van der Waals surface area contributed by atoms with Crippen LogP contribution in [0.25, 0.3) is 0 Å². The van der Waals surface area contributed by atoms with Crippen LogP contribution in [0.3, 0.4) is 0 Å². The van der Waals surface area contributed by atoms with Crippen molar-refractivity contribution in [2.24, 2.45) is 0 Å². The normalized spacial score (nSPS) is 12.5. The van der Waals surface area contributed by atoms with Crippen LogP contribution in [0.15, 0.2) is 15.5 Å².